The largest absolute Gasteiger partial charge is 0.339 e. The number of nitro groups is 1. The van der Waals surface area contributed by atoms with E-state index >= 15 is 0 Å². The van der Waals surface area contributed by atoms with Crippen LogP contribution in [-0.4, -0.2) is 38.4 Å². The number of nitro benzene ring substituents is 1. The van der Waals surface area contributed by atoms with Crippen LogP contribution in [0.2, 0.25) is 0 Å². The van der Waals surface area contributed by atoms with E-state index < -0.39 is 4.92 Å². The molecule has 2 aliphatic rings. The fourth-order valence-corrected chi connectivity index (χ4v) is 6.09. The minimum Gasteiger partial charge on any atom is -0.339 e. The fourth-order valence-electron chi connectivity index (χ4n) is 5.09. The highest BCUT2D eigenvalue weighted by Gasteiger charge is 2.24. The van der Waals surface area contributed by atoms with E-state index in [1.54, 1.807) is 30.3 Å². The molecule has 2 fully saturated rings. The van der Waals surface area contributed by atoms with Gasteiger partial charge in [-0.2, -0.15) is 0 Å². The lowest BCUT2D eigenvalue weighted by Crippen LogP contribution is -2.30. The van der Waals surface area contributed by atoms with Gasteiger partial charge in [-0.05, 0) is 49.4 Å². The predicted molar refractivity (Wildman–Crippen MR) is 136 cm³/mol. The third-order valence-electron chi connectivity index (χ3n) is 6.94. The molecule has 1 aliphatic heterocycles. The van der Waals surface area contributed by atoms with Gasteiger partial charge in [-0.1, -0.05) is 43.2 Å². The number of benzene rings is 2. The highest BCUT2D eigenvalue weighted by atomic mass is 32.2. The monoisotopic (exact) mass is 492 g/mol. The maximum absolute atomic E-state index is 13.7. The van der Waals surface area contributed by atoms with Gasteiger partial charge >= 0.3 is 0 Å². The molecule has 0 spiro atoms. The van der Waals surface area contributed by atoms with Gasteiger partial charge < -0.3 is 4.90 Å². The molecule has 1 aliphatic carbocycles. The van der Waals surface area contributed by atoms with Crippen molar-refractivity contribution in [3.63, 3.8) is 0 Å². The Labute approximate surface area is 207 Å². The minimum atomic E-state index is -0.403. The predicted octanol–water partition coefficient (Wildman–Crippen LogP) is 5.34. The van der Waals surface area contributed by atoms with Gasteiger partial charge in [0.25, 0.3) is 17.2 Å². The Hall–Kier alpha value is -3.20. The normalized spacial score (nSPS) is 16.6. The molecule has 8 nitrogen and oxygen atoms in total. The lowest BCUT2D eigenvalue weighted by molar-refractivity contribution is -0.384. The van der Waals surface area contributed by atoms with Gasteiger partial charge in [-0.3, -0.25) is 24.3 Å². The number of nitrogens with zero attached hydrogens (tertiary/aromatic N) is 4. The molecular formula is C26H28N4O4S. The first kappa shape index (κ1) is 23.5. The van der Waals surface area contributed by atoms with Gasteiger partial charge in [0.05, 0.1) is 15.8 Å². The first-order valence-corrected chi connectivity index (χ1v) is 13.2. The molecule has 1 amide bonds. The molecule has 5 rings (SSSR count). The average molecular weight is 493 g/mol. The van der Waals surface area contributed by atoms with Crippen LogP contribution in [0.4, 0.5) is 5.69 Å². The third-order valence-corrected chi connectivity index (χ3v) is 7.96. The van der Waals surface area contributed by atoms with Crippen molar-refractivity contribution in [2.45, 2.75) is 61.9 Å². The molecule has 35 heavy (non-hydrogen) atoms. The van der Waals surface area contributed by atoms with E-state index in [1.165, 1.54) is 24.2 Å². The summed E-state index contributed by atoms with van der Waals surface area (Å²) in [6.07, 6.45) is 7.22. The van der Waals surface area contributed by atoms with Crippen LogP contribution >= 0.6 is 11.8 Å². The number of aromatic nitrogens is 2. The molecule has 0 bridgehead atoms. The molecule has 1 saturated heterocycles. The molecule has 2 aromatic carbocycles. The fraction of sp³-hybridized carbons (Fsp3) is 0.423. The molecule has 2 heterocycles. The topological polar surface area (TPSA) is 98.3 Å². The van der Waals surface area contributed by atoms with Gasteiger partial charge in [0.15, 0.2) is 5.16 Å². The number of carbonyl (C=O) groups excluding carboxylic acids is 1. The third kappa shape index (κ3) is 4.96. The van der Waals surface area contributed by atoms with Crippen molar-refractivity contribution in [2.75, 3.05) is 13.1 Å². The van der Waals surface area contributed by atoms with Crippen LogP contribution in [0.3, 0.4) is 0 Å². The van der Waals surface area contributed by atoms with Crippen LogP contribution in [0.15, 0.2) is 52.4 Å². The zero-order chi connectivity index (χ0) is 24.4. The van der Waals surface area contributed by atoms with Crippen molar-refractivity contribution in [2.24, 2.45) is 0 Å². The van der Waals surface area contributed by atoms with Gasteiger partial charge in [-0.25, -0.2) is 4.98 Å². The lowest BCUT2D eigenvalue weighted by atomic mass is 9.95. The van der Waals surface area contributed by atoms with E-state index in [1.807, 2.05) is 15.5 Å². The van der Waals surface area contributed by atoms with Crippen molar-refractivity contribution < 1.29 is 9.72 Å². The standard InChI is InChI=1S/C26H28N4O4S/c31-24(28-13-4-5-14-28)19-11-12-22-23(16-19)27-26(29(25(22)32)20-8-2-1-3-9-20)35-17-18-7-6-10-21(15-18)30(33)34/h6-7,10-12,15-16,20H,1-5,8-9,13-14,17H2. The summed E-state index contributed by atoms with van der Waals surface area (Å²) in [5.74, 6) is 0.437. The molecule has 1 saturated carbocycles. The molecule has 3 aromatic rings. The highest BCUT2D eigenvalue weighted by Crippen LogP contribution is 2.32. The molecule has 1 aromatic heterocycles. The molecular weight excluding hydrogens is 464 g/mol. The second kappa shape index (κ2) is 10.2. The molecule has 182 valence electrons. The van der Waals surface area contributed by atoms with Crippen LogP contribution in [0.25, 0.3) is 10.9 Å². The van der Waals surface area contributed by atoms with E-state index in [2.05, 4.69) is 0 Å². The highest BCUT2D eigenvalue weighted by molar-refractivity contribution is 7.98. The average Bonchev–Trinajstić information content (AvgIpc) is 3.42. The maximum Gasteiger partial charge on any atom is 0.269 e. The zero-order valence-corrected chi connectivity index (χ0v) is 20.3. The number of carbonyl (C=O) groups is 1. The zero-order valence-electron chi connectivity index (χ0n) is 19.5. The van der Waals surface area contributed by atoms with Gasteiger partial charge in [0.1, 0.15) is 0 Å². The summed E-state index contributed by atoms with van der Waals surface area (Å²) in [6, 6.07) is 11.9. The van der Waals surface area contributed by atoms with Crippen molar-refractivity contribution in [3.05, 3.63) is 74.1 Å². The summed E-state index contributed by atoms with van der Waals surface area (Å²) < 4.78 is 1.82. The summed E-state index contributed by atoms with van der Waals surface area (Å²) in [6.45, 7) is 1.52. The van der Waals surface area contributed by atoms with Crippen molar-refractivity contribution in [1.29, 1.82) is 0 Å². The first-order chi connectivity index (χ1) is 17.0. The Morgan fingerprint density at radius 3 is 2.57 bits per heavy atom. The number of likely N-dealkylation sites (tertiary alicyclic amines) is 1. The second-order valence-corrected chi connectivity index (χ2v) is 10.3. The SMILES string of the molecule is O=C(c1ccc2c(=O)n(C3CCCCC3)c(SCc3cccc([N+](=O)[O-])c3)nc2c1)N1CCCC1. The van der Waals surface area contributed by atoms with E-state index in [9.17, 15) is 19.7 Å². The number of amides is 1. The van der Waals surface area contributed by atoms with E-state index in [0.29, 0.717) is 27.4 Å². The molecule has 0 unspecified atom stereocenters. The summed E-state index contributed by atoms with van der Waals surface area (Å²) in [4.78, 5) is 44.1. The number of hydrogen-bond acceptors (Lipinski definition) is 6. The maximum atomic E-state index is 13.7. The number of rotatable bonds is 6. The Morgan fingerprint density at radius 2 is 1.83 bits per heavy atom. The summed E-state index contributed by atoms with van der Waals surface area (Å²) >= 11 is 1.42. The number of thioether (sulfide) groups is 1. The Morgan fingerprint density at radius 1 is 1.06 bits per heavy atom. The van der Waals surface area contributed by atoms with Crippen molar-refractivity contribution >= 4 is 34.3 Å². The number of fused-ring (bicyclic) bond motifs is 1. The Kier molecular flexibility index (Phi) is 6.86. The van der Waals surface area contributed by atoms with E-state index in [0.717, 1.165) is 57.2 Å². The minimum absolute atomic E-state index is 0.0199. The smallest absolute Gasteiger partial charge is 0.269 e. The first-order valence-electron chi connectivity index (χ1n) is 12.2. The quantitative estimate of drug-likeness (QED) is 0.199. The molecule has 0 N–H and O–H groups in total. The van der Waals surface area contributed by atoms with Gasteiger partial charge in [0.2, 0.25) is 0 Å². The summed E-state index contributed by atoms with van der Waals surface area (Å²) in [5, 5.41) is 12.3. The van der Waals surface area contributed by atoms with Crippen molar-refractivity contribution in [1.82, 2.24) is 14.5 Å². The van der Waals surface area contributed by atoms with Crippen LogP contribution in [0.5, 0.6) is 0 Å². The van der Waals surface area contributed by atoms with Crippen molar-refractivity contribution in [3.8, 4) is 0 Å². The Bertz CT molecular complexity index is 1330. The van der Waals surface area contributed by atoms with Gasteiger partial charge in [0, 0.05) is 42.6 Å². The molecule has 0 atom stereocenters. The van der Waals surface area contributed by atoms with E-state index in [-0.39, 0.29) is 23.2 Å². The second-order valence-electron chi connectivity index (χ2n) is 9.31. The van der Waals surface area contributed by atoms with Gasteiger partial charge in [-0.15, -0.1) is 0 Å². The number of non-ortho nitro benzene ring substituents is 1. The lowest BCUT2D eigenvalue weighted by Gasteiger charge is -2.26. The number of hydrogen-bond donors (Lipinski definition) is 0. The van der Waals surface area contributed by atoms with Crippen LogP contribution < -0.4 is 5.56 Å². The molecule has 0 radical (unpaired) electrons. The molecule has 9 heteroatoms. The summed E-state index contributed by atoms with van der Waals surface area (Å²) in [7, 11) is 0. The van der Waals surface area contributed by atoms with Crippen LogP contribution in [-0.2, 0) is 5.75 Å². The summed E-state index contributed by atoms with van der Waals surface area (Å²) in [5.41, 5.74) is 1.84. The van der Waals surface area contributed by atoms with Crippen LogP contribution in [0.1, 0.15) is 66.9 Å². The Balaban J connectivity index is 1.53. The van der Waals surface area contributed by atoms with Crippen LogP contribution in [0, 0.1) is 10.1 Å². The van der Waals surface area contributed by atoms with E-state index in [4.69, 9.17) is 4.98 Å².